The zero-order valence-corrected chi connectivity index (χ0v) is 11.2. The van der Waals surface area contributed by atoms with Crippen molar-refractivity contribution in [3.63, 3.8) is 0 Å². The zero-order valence-electron chi connectivity index (χ0n) is 11.2. The van der Waals surface area contributed by atoms with Gasteiger partial charge in [0, 0.05) is 18.7 Å². The highest BCUT2D eigenvalue weighted by molar-refractivity contribution is 5.89. The molecule has 0 unspecified atom stereocenters. The van der Waals surface area contributed by atoms with Crippen molar-refractivity contribution in [2.45, 2.75) is 52.5 Å². The fourth-order valence-corrected chi connectivity index (χ4v) is 3.06. The number of aryl methyl sites for hydroxylation is 4. The minimum atomic E-state index is 0.604. The van der Waals surface area contributed by atoms with Crippen molar-refractivity contribution in [3.8, 4) is 0 Å². The zero-order chi connectivity index (χ0) is 12.7. The fraction of sp³-hybridized carbons (Fsp3) is 0.571. The summed E-state index contributed by atoms with van der Waals surface area (Å²) < 4.78 is 2.32. The average Bonchev–Trinajstić information content (AvgIpc) is 2.78. The molecule has 4 heteroatoms. The van der Waals surface area contributed by atoms with Gasteiger partial charge in [0.15, 0.2) is 5.82 Å². The third kappa shape index (κ3) is 1.51. The molecule has 0 bridgehead atoms. The molecule has 0 aromatic carbocycles. The molecule has 0 atom stereocenters. The van der Waals surface area contributed by atoms with Gasteiger partial charge in [-0.2, -0.15) is 0 Å². The van der Waals surface area contributed by atoms with Gasteiger partial charge in [-0.15, -0.1) is 0 Å². The molecule has 0 fully saturated rings. The van der Waals surface area contributed by atoms with Crippen molar-refractivity contribution in [1.82, 2.24) is 14.5 Å². The SMILES string of the molecule is CCc1nc2c(N)nc3c(c2n1CC)CCCC3. The molecular weight excluding hydrogens is 224 g/mol. The number of imidazole rings is 1. The van der Waals surface area contributed by atoms with Crippen molar-refractivity contribution in [2.24, 2.45) is 0 Å². The molecular formula is C14H20N4. The van der Waals surface area contributed by atoms with Crippen LogP contribution in [0.25, 0.3) is 11.0 Å². The van der Waals surface area contributed by atoms with Gasteiger partial charge in [0.05, 0.1) is 5.52 Å². The lowest BCUT2D eigenvalue weighted by Crippen LogP contribution is -2.10. The number of nitrogens with zero attached hydrogens (tertiary/aromatic N) is 3. The molecule has 18 heavy (non-hydrogen) atoms. The van der Waals surface area contributed by atoms with Gasteiger partial charge in [-0.1, -0.05) is 6.92 Å². The van der Waals surface area contributed by atoms with E-state index in [9.17, 15) is 0 Å². The lowest BCUT2D eigenvalue weighted by Gasteiger charge is -2.17. The van der Waals surface area contributed by atoms with Crippen LogP contribution in [0.2, 0.25) is 0 Å². The van der Waals surface area contributed by atoms with Crippen LogP contribution in [0.1, 0.15) is 43.8 Å². The van der Waals surface area contributed by atoms with E-state index in [0.717, 1.165) is 37.1 Å². The van der Waals surface area contributed by atoms with Crippen LogP contribution >= 0.6 is 0 Å². The van der Waals surface area contributed by atoms with Crippen LogP contribution in [0, 0.1) is 0 Å². The summed E-state index contributed by atoms with van der Waals surface area (Å²) in [7, 11) is 0. The molecule has 0 radical (unpaired) electrons. The monoisotopic (exact) mass is 244 g/mol. The Labute approximate surface area is 107 Å². The van der Waals surface area contributed by atoms with E-state index < -0.39 is 0 Å². The Kier molecular flexibility index (Phi) is 2.73. The summed E-state index contributed by atoms with van der Waals surface area (Å²) in [5.74, 6) is 1.73. The van der Waals surface area contributed by atoms with Gasteiger partial charge >= 0.3 is 0 Å². The van der Waals surface area contributed by atoms with Crippen molar-refractivity contribution >= 4 is 16.9 Å². The fourth-order valence-electron chi connectivity index (χ4n) is 3.06. The first-order chi connectivity index (χ1) is 8.76. The minimum absolute atomic E-state index is 0.604. The summed E-state index contributed by atoms with van der Waals surface area (Å²) in [6.45, 7) is 5.27. The molecule has 1 aliphatic carbocycles. The van der Waals surface area contributed by atoms with Gasteiger partial charge in [0.25, 0.3) is 0 Å². The van der Waals surface area contributed by atoms with Crippen molar-refractivity contribution in [1.29, 1.82) is 0 Å². The lowest BCUT2D eigenvalue weighted by atomic mass is 9.95. The van der Waals surface area contributed by atoms with Crippen LogP contribution in [0.15, 0.2) is 0 Å². The number of pyridine rings is 1. The van der Waals surface area contributed by atoms with Crippen LogP contribution in [-0.4, -0.2) is 14.5 Å². The molecule has 2 aromatic rings. The van der Waals surface area contributed by atoms with Gasteiger partial charge in [-0.05, 0) is 38.2 Å². The van der Waals surface area contributed by atoms with E-state index in [4.69, 9.17) is 5.73 Å². The first kappa shape index (κ1) is 11.5. The van der Waals surface area contributed by atoms with Crippen molar-refractivity contribution in [3.05, 3.63) is 17.1 Å². The number of nitrogens with two attached hydrogens (primary N) is 1. The quantitative estimate of drug-likeness (QED) is 0.883. The molecule has 0 saturated heterocycles. The van der Waals surface area contributed by atoms with Gasteiger partial charge in [0.2, 0.25) is 0 Å². The summed E-state index contributed by atoms with van der Waals surface area (Å²) in [6, 6.07) is 0. The number of fused-ring (bicyclic) bond motifs is 3. The largest absolute Gasteiger partial charge is 0.382 e. The maximum atomic E-state index is 6.08. The van der Waals surface area contributed by atoms with E-state index in [0.29, 0.717) is 5.82 Å². The lowest BCUT2D eigenvalue weighted by molar-refractivity contribution is 0.664. The number of anilines is 1. The highest BCUT2D eigenvalue weighted by atomic mass is 15.1. The van der Waals surface area contributed by atoms with E-state index >= 15 is 0 Å². The topological polar surface area (TPSA) is 56.7 Å². The van der Waals surface area contributed by atoms with Gasteiger partial charge in [0.1, 0.15) is 11.3 Å². The smallest absolute Gasteiger partial charge is 0.151 e. The normalized spacial score (nSPS) is 15.0. The molecule has 1 aliphatic rings. The Morgan fingerprint density at radius 1 is 1.17 bits per heavy atom. The molecule has 96 valence electrons. The Hall–Kier alpha value is -1.58. The van der Waals surface area contributed by atoms with E-state index in [2.05, 4.69) is 28.4 Å². The van der Waals surface area contributed by atoms with Gasteiger partial charge in [-0.3, -0.25) is 0 Å². The first-order valence-corrected chi connectivity index (χ1v) is 6.92. The van der Waals surface area contributed by atoms with Gasteiger partial charge < -0.3 is 10.3 Å². The molecule has 4 nitrogen and oxygen atoms in total. The average molecular weight is 244 g/mol. The van der Waals surface area contributed by atoms with Crippen LogP contribution in [0.4, 0.5) is 5.82 Å². The molecule has 0 amide bonds. The highest BCUT2D eigenvalue weighted by Crippen LogP contribution is 2.31. The van der Waals surface area contributed by atoms with E-state index in [-0.39, 0.29) is 0 Å². The predicted molar refractivity (Wildman–Crippen MR) is 73.6 cm³/mol. The van der Waals surface area contributed by atoms with Crippen LogP contribution in [0.3, 0.4) is 0 Å². The second-order valence-corrected chi connectivity index (χ2v) is 4.95. The molecule has 0 aliphatic heterocycles. The van der Waals surface area contributed by atoms with E-state index in [1.165, 1.54) is 29.6 Å². The second kappa shape index (κ2) is 4.26. The van der Waals surface area contributed by atoms with E-state index in [1.807, 2.05) is 0 Å². The van der Waals surface area contributed by atoms with Crippen molar-refractivity contribution in [2.75, 3.05) is 5.73 Å². The molecule has 3 rings (SSSR count). The Bertz CT molecular complexity index is 598. The number of rotatable bonds is 2. The standard InChI is InChI=1S/C14H20N4/c1-3-11-17-12-13(18(11)4-2)9-7-5-6-8-10(9)16-14(12)15/h3-8H2,1-2H3,(H2,15,16). The Morgan fingerprint density at radius 2 is 1.94 bits per heavy atom. The second-order valence-electron chi connectivity index (χ2n) is 4.95. The van der Waals surface area contributed by atoms with Crippen LogP contribution in [-0.2, 0) is 25.8 Å². The predicted octanol–water partition coefficient (Wildman–Crippen LogP) is 2.47. The Morgan fingerprint density at radius 3 is 2.67 bits per heavy atom. The molecule has 2 aromatic heterocycles. The Balaban J connectivity index is 2.39. The summed E-state index contributed by atoms with van der Waals surface area (Å²) in [4.78, 5) is 9.25. The molecule has 2 N–H and O–H groups in total. The third-order valence-electron chi connectivity index (χ3n) is 3.90. The van der Waals surface area contributed by atoms with Crippen molar-refractivity contribution < 1.29 is 0 Å². The van der Waals surface area contributed by atoms with Gasteiger partial charge in [-0.25, -0.2) is 9.97 Å². The summed E-state index contributed by atoms with van der Waals surface area (Å²) in [5.41, 5.74) is 10.8. The first-order valence-electron chi connectivity index (χ1n) is 6.92. The number of hydrogen-bond donors (Lipinski definition) is 1. The van der Waals surface area contributed by atoms with Crippen LogP contribution < -0.4 is 5.73 Å². The summed E-state index contributed by atoms with van der Waals surface area (Å²) >= 11 is 0. The highest BCUT2D eigenvalue weighted by Gasteiger charge is 2.21. The third-order valence-corrected chi connectivity index (χ3v) is 3.90. The van der Waals surface area contributed by atoms with E-state index in [1.54, 1.807) is 0 Å². The molecule has 0 spiro atoms. The molecule has 2 heterocycles. The number of hydrogen-bond acceptors (Lipinski definition) is 3. The van der Waals surface area contributed by atoms with Crippen LogP contribution in [0.5, 0.6) is 0 Å². The maximum absolute atomic E-state index is 6.08. The maximum Gasteiger partial charge on any atom is 0.151 e. The number of nitrogen functional groups attached to an aromatic ring is 1. The minimum Gasteiger partial charge on any atom is -0.382 e. The summed E-state index contributed by atoms with van der Waals surface area (Å²) in [6.07, 6.45) is 5.60. The summed E-state index contributed by atoms with van der Waals surface area (Å²) in [5, 5.41) is 0. The molecule has 0 saturated carbocycles. The number of aromatic nitrogens is 3.